The van der Waals surface area contributed by atoms with Gasteiger partial charge in [-0.3, -0.25) is 0 Å². The molecule has 0 aliphatic rings. The van der Waals surface area contributed by atoms with Crippen LogP contribution in [0.15, 0.2) is 29.9 Å². The molecule has 0 radical (unpaired) electrons. The van der Waals surface area contributed by atoms with Crippen LogP contribution < -0.4 is 0 Å². The van der Waals surface area contributed by atoms with E-state index in [1.165, 1.54) is 0 Å². The van der Waals surface area contributed by atoms with Crippen LogP contribution in [0.2, 0.25) is 0 Å². The van der Waals surface area contributed by atoms with Gasteiger partial charge in [-0.25, -0.2) is 4.98 Å². The van der Waals surface area contributed by atoms with Crippen molar-refractivity contribution in [3.8, 4) is 0 Å². The lowest BCUT2D eigenvalue weighted by molar-refractivity contribution is 0.271. The van der Waals surface area contributed by atoms with E-state index in [0.29, 0.717) is 0 Å². The van der Waals surface area contributed by atoms with Gasteiger partial charge in [0, 0.05) is 23.5 Å². The molecule has 2 rings (SSSR count). The van der Waals surface area contributed by atoms with E-state index in [4.69, 9.17) is 5.11 Å². The first kappa shape index (κ1) is 8.47. The Bertz CT molecular complexity index is 367. The van der Waals surface area contributed by atoms with Crippen LogP contribution in [0.4, 0.5) is 0 Å². The Morgan fingerprint density at radius 2 is 2.46 bits per heavy atom. The molecule has 0 saturated heterocycles. The molecule has 0 aromatic carbocycles. The van der Waals surface area contributed by atoms with E-state index in [2.05, 4.69) is 4.98 Å². The first-order chi connectivity index (χ1) is 6.40. The molecule has 2 aromatic rings. The number of aromatic nitrogens is 2. The fourth-order valence-corrected chi connectivity index (χ4v) is 1.84. The Hall–Kier alpha value is -1.13. The van der Waals surface area contributed by atoms with Crippen LogP contribution in [0.3, 0.4) is 0 Å². The van der Waals surface area contributed by atoms with Gasteiger partial charge < -0.3 is 9.67 Å². The van der Waals surface area contributed by atoms with Gasteiger partial charge in [0.1, 0.15) is 5.01 Å². The Morgan fingerprint density at radius 3 is 3.15 bits per heavy atom. The number of hydrogen-bond acceptors (Lipinski definition) is 3. The van der Waals surface area contributed by atoms with Crippen molar-refractivity contribution in [2.75, 3.05) is 0 Å². The minimum absolute atomic E-state index is 0.0817. The summed E-state index contributed by atoms with van der Waals surface area (Å²) in [5.74, 6) is 0. The smallest absolute Gasteiger partial charge is 0.112 e. The summed E-state index contributed by atoms with van der Waals surface area (Å²) in [4.78, 5) is 4.18. The van der Waals surface area contributed by atoms with E-state index < -0.39 is 0 Å². The van der Waals surface area contributed by atoms with Crippen LogP contribution in [0.25, 0.3) is 0 Å². The van der Waals surface area contributed by atoms with Gasteiger partial charge in [-0.1, -0.05) is 0 Å². The zero-order valence-corrected chi connectivity index (χ0v) is 7.87. The van der Waals surface area contributed by atoms with Crippen molar-refractivity contribution in [3.05, 3.63) is 40.6 Å². The van der Waals surface area contributed by atoms with Crippen molar-refractivity contribution in [2.24, 2.45) is 0 Å². The summed E-state index contributed by atoms with van der Waals surface area (Å²) in [7, 11) is 0. The third-order valence-corrected chi connectivity index (χ3v) is 2.64. The van der Waals surface area contributed by atoms with Crippen LogP contribution in [0.5, 0.6) is 0 Å². The second kappa shape index (κ2) is 3.72. The average Bonchev–Trinajstić information content (AvgIpc) is 2.76. The van der Waals surface area contributed by atoms with Gasteiger partial charge >= 0.3 is 0 Å². The Labute approximate surface area is 80.3 Å². The number of rotatable bonds is 3. The van der Waals surface area contributed by atoms with Crippen LogP contribution >= 0.6 is 11.3 Å². The highest BCUT2D eigenvalue weighted by atomic mass is 32.1. The van der Waals surface area contributed by atoms with E-state index in [0.717, 1.165) is 17.2 Å². The number of hydrogen-bond donors (Lipinski definition) is 1. The summed E-state index contributed by atoms with van der Waals surface area (Å²) in [5, 5.41) is 12.0. The summed E-state index contributed by atoms with van der Waals surface area (Å²) in [6, 6.07) is 3.84. The van der Waals surface area contributed by atoms with Crippen molar-refractivity contribution in [1.82, 2.24) is 9.55 Å². The van der Waals surface area contributed by atoms with Gasteiger partial charge in [0.25, 0.3) is 0 Å². The summed E-state index contributed by atoms with van der Waals surface area (Å²) in [5.41, 5.74) is 0.926. The first-order valence-electron chi connectivity index (χ1n) is 4.03. The Balaban J connectivity index is 2.18. The van der Waals surface area contributed by atoms with E-state index in [1.54, 1.807) is 17.5 Å². The highest BCUT2D eigenvalue weighted by Crippen LogP contribution is 2.09. The van der Waals surface area contributed by atoms with Gasteiger partial charge in [-0.2, -0.15) is 0 Å². The normalized spacial score (nSPS) is 10.5. The lowest BCUT2D eigenvalue weighted by Gasteiger charge is -2.03. The highest BCUT2D eigenvalue weighted by Gasteiger charge is 2.01. The lowest BCUT2D eigenvalue weighted by atomic mass is 10.4. The zero-order chi connectivity index (χ0) is 9.10. The third kappa shape index (κ3) is 1.79. The largest absolute Gasteiger partial charge is 0.390 e. The molecular formula is C9H10N2OS. The molecule has 2 heterocycles. The van der Waals surface area contributed by atoms with E-state index in [-0.39, 0.29) is 6.61 Å². The molecule has 0 amide bonds. The minimum Gasteiger partial charge on any atom is -0.390 e. The van der Waals surface area contributed by atoms with Gasteiger partial charge in [0.15, 0.2) is 0 Å². The Morgan fingerprint density at radius 1 is 1.54 bits per heavy atom. The minimum atomic E-state index is 0.0817. The predicted molar refractivity (Wildman–Crippen MR) is 51.6 cm³/mol. The van der Waals surface area contributed by atoms with Gasteiger partial charge in [0.2, 0.25) is 0 Å². The van der Waals surface area contributed by atoms with Crippen LogP contribution in [-0.4, -0.2) is 14.7 Å². The zero-order valence-electron chi connectivity index (χ0n) is 7.05. The van der Waals surface area contributed by atoms with E-state index in [1.807, 2.05) is 28.3 Å². The molecule has 0 bridgehead atoms. The standard InChI is InChI=1S/C9H10N2OS/c12-7-8-2-1-4-11(8)6-9-10-3-5-13-9/h1-5,12H,6-7H2. The molecular weight excluding hydrogens is 184 g/mol. The second-order valence-corrected chi connectivity index (χ2v) is 3.69. The maximum Gasteiger partial charge on any atom is 0.112 e. The fourth-order valence-electron chi connectivity index (χ4n) is 1.22. The van der Waals surface area contributed by atoms with Crippen molar-refractivity contribution in [1.29, 1.82) is 0 Å². The molecule has 0 fully saturated rings. The summed E-state index contributed by atoms with van der Waals surface area (Å²) in [6.45, 7) is 0.832. The predicted octanol–water partition coefficient (Wildman–Crippen LogP) is 1.49. The molecule has 68 valence electrons. The number of thiazole rings is 1. The molecule has 4 heteroatoms. The number of aliphatic hydroxyl groups excluding tert-OH is 1. The topological polar surface area (TPSA) is 38.0 Å². The maximum atomic E-state index is 9.00. The molecule has 0 spiro atoms. The van der Waals surface area contributed by atoms with Crippen molar-refractivity contribution in [2.45, 2.75) is 13.2 Å². The monoisotopic (exact) mass is 194 g/mol. The van der Waals surface area contributed by atoms with E-state index >= 15 is 0 Å². The van der Waals surface area contributed by atoms with Gasteiger partial charge in [-0.05, 0) is 12.1 Å². The summed E-state index contributed by atoms with van der Waals surface area (Å²) >= 11 is 1.63. The summed E-state index contributed by atoms with van der Waals surface area (Å²) < 4.78 is 2.00. The average molecular weight is 194 g/mol. The van der Waals surface area contributed by atoms with Crippen LogP contribution in [-0.2, 0) is 13.2 Å². The molecule has 1 N–H and O–H groups in total. The quantitative estimate of drug-likeness (QED) is 0.803. The van der Waals surface area contributed by atoms with Crippen molar-refractivity contribution < 1.29 is 5.11 Å². The fraction of sp³-hybridized carbons (Fsp3) is 0.222. The van der Waals surface area contributed by atoms with Crippen LogP contribution in [0, 0.1) is 0 Å². The van der Waals surface area contributed by atoms with Gasteiger partial charge in [-0.15, -0.1) is 11.3 Å². The number of nitrogens with zero attached hydrogens (tertiary/aromatic N) is 2. The van der Waals surface area contributed by atoms with Crippen LogP contribution in [0.1, 0.15) is 10.7 Å². The van der Waals surface area contributed by atoms with Gasteiger partial charge in [0.05, 0.1) is 13.2 Å². The second-order valence-electron chi connectivity index (χ2n) is 2.71. The molecule has 3 nitrogen and oxygen atoms in total. The molecule has 0 saturated carbocycles. The molecule has 0 aliphatic carbocycles. The number of aliphatic hydroxyl groups is 1. The van der Waals surface area contributed by atoms with E-state index in [9.17, 15) is 0 Å². The third-order valence-electron chi connectivity index (χ3n) is 1.87. The molecule has 0 unspecified atom stereocenters. The summed E-state index contributed by atoms with van der Waals surface area (Å²) in [6.07, 6.45) is 3.75. The molecule has 0 atom stereocenters. The Kier molecular flexibility index (Phi) is 2.42. The van der Waals surface area contributed by atoms with Crippen molar-refractivity contribution >= 4 is 11.3 Å². The maximum absolute atomic E-state index is 9.00. The molecule has 0 aliphatic heterocycles. The highest BCUT2D eigenvalue weighted by molar-refractivity contribution is 7.09. The first-order valence-corrected chi connectivity index (χ1v) is 4.91. The molecule has 2 aromatic heterocycles. The lowest BCUT2D eigenvalue weighted by Crippen LogP contribution is -2.02. The van der Waals surface area contributed by atoms with Crippen molar-refractivity contribution in [3.63, 3.8) is 0 Å². The SMILES string of the molecule is OCc1cccn1Cc1nccs1. The molecule has 13 heavy (non-hydrogen) atoms.